The second kappa shape index (κ2) is 4.77. The molecule has 0 aliphatic heterocycles. The maximum absolute atomic E-state index is 3.71. The molecule has 1 heterocycles. The first-order chi connectivity index (χ1) is 5.65. The van der Waals surface area contributed by atoms with E-state index in [9.17, 15) is 0 Å². The molecule has 0 aliphatic carbocycles. The minimum Gasteiger partial charge on any atom is -0.132 e. The second-order valence-electron chi connectivity index (χ2n) is 2.93. The van der Waals surface area contributed by atoms with Crippen LogP contribution < -0.4 is 0 Å². The van der Waals surface area contributed by atoms with Crippen molar-refractivity contribution < 1.29 is 0 Å². The summed E-state index contributed by atoms with van der Waals surface area (Å²) in [4.78, 5) is 1.93. The molecule has 0 amide bonds. The van der Waals surface area contributed by atoms with Crippen molar-refractivity contribution in [3.05, 3.63) is 20.8 Å². The summed E-state index contributed by atoms with van der Waals surface area (Å²) >= 11 is 8.99. The van der Waals surface area contributed by atoms with Gasteiger partial charge in [0.15, 0.2) is 0 Å². The van der Waals surface area contributed by atoms with Crippen LogP contribution in [0.25, 0.3) is 0 Å². The van der Waals surface area contributed by atoms with Crippen LogP contribution in [0.5, 0.6) is 0 Å². The summed E-state index contributed by atoms with van der Waals surface area (Å²) in [7, 11) is 0. The molecule has 0 spiro atoms. The van der Waals surface area contributed by atoms with Crippen LogP contribution in [0.15, 0.2) is 15.9 Å². The van der Waals surface area contributed by atoms with E-state index in [1.54, 1.807) is 0 Å². The van der Waals surface area contributed by atoms with Gasteiger partial charge in [0.1, 0.15) is 0 Å². The fraction of sp³-hybridized carbons (Fsp3) is 0.556. The van der Waals surface area contributed by atoms with Gasteiger partial charge in [0.2, 0.25) is 0 Å². The Kier molecular flexibility index (Phi) is 4.27. The Labute approximate surface area is 94.6 Å². The van der Waals surface area contributed by atoms with E-state index in [0.717, 1.165) is 0 Å². The van der Waals surface area contributed by atoms with E-state index in [2.05, 4.69) is 57.8 Å². The SMILES string of the molecule is CCC(C)C(Br)c1ccc(Br)s1. The lowest BCUT2D eigenvalue weighted by Crippen LogP contribution is -1.99. The molecule has 68 valence electrons. The van der Waals surface area contributed by atoms with Crippen molar-refractivity contribution in [3.63, 3.8) is 0 Å². The molecule has 1 rings (SSSR count). The van der Waals surface area contributed by atoms with Crippen molar-refractivity contribution in [1.82, 2.24) is 0 Å². The third-order valence-corrected chi connectivity index (χ3v) is 5.41. The quantitative estimate of drug-likeness (QED) is 0.690. The highest BCUT2D eigenvalue weighted by molar-refractivity contribution is 9.11. The minimum atomic E-state index is 0.513. The lowest BCUT2D eigenvalue weighted by Gasteiger charge is -2.14. The maximum atomic E-state index is 3.71. The van der Waals surface area contributed by atoms with Gasteiger partial charge in [-0.25, -0.2) is 0 Å². The Balaban J connectivity index is 2.70. The zero-order valence-electron chi connectivity index (χ0n) is 7.18. The highest BCUT2D eigenvalue weighted by atomic mass is 79.9. The molecule has 0 radical (unpaired) electrons. The molecule has 0 aromatic carbocycles. The zero-order valence-corrected chi connectivity index (χ0v) is 11.2. The predicted molar refractivity (Wildman–Crippen MR) is 63.1 cm³/mol. The molecule has 0 N–H and O–H groups in total. The molecule has 0 aliphatic rings. The number of thiophene rings is 1. The third-order valence-electron chi connectivity index (χ3n) is 2.01. The Morgan fingerprint density at radius 2 is 2.17 bits per heavy atom. The van der Waals surface area contributed by atoms with Crippen LogP contribution in [-0.4, -0.2) is 0 Å². The fourth-order valence-corrected chi connectivity index (χ4v) is 3.31. The first-order valence-corrected chi connectivity index (χ1v) is 6.57. The van der Waals surface area contributed by atoms with E-state index in [0.29, 0.717) is 10.7 Å². The summed E-state index contributed by atoms with van der Waals surface area (Å²) < 4.78 is 1.21. The van der Waals surface area contributed by atoms with Gasteiger partial charge >= 0.3 is 0 Å². The van der Waals surface area contributed by atoms with Crippen LogP contribution in [-0.2, 0) is 0 Å². The number of halogens is 2. The van der Waals surface area contributed by atoms with Gasteiger partial charge in [0.05, 0.1) is 8.61 Å². The standard InChI is InChI=1S/C9H12Br2S/c1-3-6(2)9(11)7-4-5-8(10)12-7/h4-6,9H,3H2,1-2H3. The molecule has 2 unspecified atom stereocenters. The van der Waals surface area contributed by atoms with E-state index in [1.807, 2.05) is 11.3 Å². The van der Waals surface area contributed by atoms with Crippen molar-refractivity contribution in [1.29, 1.82) is 0 Å². The van der Waals surface area contributed by atoms with E-state index < -0.39 is 0 Å². The zero-order chi connectivity index (χ0) is 9.14. The molecule has 0 saturated carbocycles. The first kappa shape index (κ1) is 10.7. The maximum Gasteiger partial charge on any atom is 0.0701 e. The van der Waals surface area contributed by atoms with Gasteiger partial charge in [0, 0.05) is 4.88 Å². The van der Waals surface area contributed by atoms with Crippen LogP contribution in [0, 0.1) is 5.92 Å². The van der Waals surface area contributed by atoms with E-state index in [1.165, 1.54) is 15.1 Å². The molecule has 2 atom stereocenters. The summed E-state index contributed by atoms with van der Waals surface area (Å²) in [5, 5.41) is 0. The Morgan fingerprint density at radius 3 is 2.58 bits per heavy atom. The monoisotopic (exact) mass is 310 g/mol. The van der Waals surface area contributed by atoms with Gasteiger partial charge in [-0.2, -0.15) is 0 Å². The number of alkyl halides is 1. The van der Waals surface area contributed by atoms with Gasteiger partial charge in [-0.15, -0.1) is 11.3 Å². The van der Waals surface area contributed by atoms with Crippen LogP contribution in [0.4, 0.5) is 0 Å². The third kappa shape index (κ3) is 2.57. The Hall–Kier alpha value is 0.660. The number of hydrogen-bond acceptors (Lipinski definition) is 1. The van der Waals surface area contributed by atoms with Gasteiger partial charge in [0.25, 0.3) is 0 Å². The molecule has 3 heteroatoms. The van der Waals surface area contributed by atoms with Gasteiger partial charge in [-0.3, -0.25) is 0 Å². The van der Waals surface area contributed by atoms with Crippen molar-refractivity contribution in [3.8, 4) is 0 Å². The minimum absolute atomic E-state index is 0.513. The number of hydrogen-bond donors (Lipinski definition) is 0. The first-order valence-electron chi connectivity index (χ1n) is 4.04. The summed E-state index contributed by atoms with van der Waals surface area (Å²) in [6.07, 6.45) is 1.21. The van der Waals surface area contributed by atoms with Gasteiger partial charge in [-0.05, 0) is 34.0 Å². The largest absolute Gasteiger partial charge is 0.132 e. The van der Waals surface area contributed by atoms with E-state index >= 15 is 0 Å². The van der Waals surface area contributed by atoms with Crippen molar-refractivity contribution in [2.75, 3.05) is 0 Å². The van der Waals surface area contributed by atoms with E-state index in [-0.39, 0.29) is 0 Å². The topological polar surface area (TPSA) is 0 Å². The van der Waals surface area contributed by atoms with E-state index in [4.69, 9.17) is 0 Å². The van der Waals surface area contributed by atoms with Gasteiger partial charge in [-0.1, -0.05) is 36.2 Å². The summed E-state index contributed by atoms with van der Waals surface area (Å²) in [6.45, 7) is 4.49. The smallest absolute Gasteiger partial charge is 0.0701 e. The highest BCUT2D eigenvalue weighted by Crippen LogP contribution is 2.38. The molecule has 0 bridgehead atoms. The lowest BCUT2D eigenvalue weighted by atomic mass is 10.0. The molecule has 0 saturated heterocycles. The predicted octanol–water partition coefficient (Wildman–Crippen LogP) is 4.99. The molecule has 12 heavy (non-hydrogen) atoms. The molecular formula is C9H12Br2S. The molecular weight excluding hydrogens is 300 g/mol. The summed E-state index contributed by atoms with van der Waals surface area (Å²) in [6, 6.07) is 4.29. The summed E-state index contributed by atoms with van der Waals surface area (Å²) in [5.41, 5.74) is 0. The second-order valence-corrected chi connectivity index (χ2v) is 6.41. The average molecular weight is 312 g/mol. The van der Waals surface area contributed by atoms with Crippen LogP contribution >= 0.6 is 43.2 Å². The number of rotatable bonds is 3. The highest BCUT2D eigenvalue weighted by Gasteiger charge is 2.15. The lowest BCUT2D eigenvalue weighted by molar-refractivity contribution is 0.560. The van der Waals surface area contributed by atoms with Crippen LogP contribution in [0.3, 0.4) is 0 Å². The fourth-order valence-electron chi connectivity index (χ4n) is 0.964. The van der Waals surface area contributed by atoms with Crippen molar-refractivity contribution in [2.24, 2.45) is 5.92 Å². The Morgan fingerprint density at radius 1 is 1.50 bits per heavy atom. The van der Waals surface area contributed by atoms with Gasteiger partial charge < -0.3 is 0 Å². The molecule has 1 aromatic rings. The summed E-state index contributed by atoms with van der Waals surface area (Å²) in [5.74, 6) is 0.704. The van der Waals surface area contributed by atoms with Crippen molar-refractivity contribution in [2.45, 2.75) is 25.1 Å². The Bertz CT molecular complexity index is 244. The van der Waals surface area contributed by atoms with Crippen molar-refractivity contribution >= 4 is 43.2 Å². The average Bonchev–Trinajstić information content (AvgIpc) is 2.49. The van der Waals surface area contributed by atoms with Crippen LogP contribution in [0.2, 0.25) is 0 Å². The molecule has 0 nitrogen and oxygen atoms in total. The van der Waals surface area contributed by atoms with Crippen LogP contribution in [0.1, 0.15) is 30.0 Å². The molecule has 0 fully saturated rings. The molecule has 1 aromatic heterocycles. The normalized spacial score (nSPS) is 16.0.